The molecule has 0 spiro atoms. The van der Waals surface area contributed by atoms with E-state index in [-0.39, 0.29) is 36.4 Å². The zero-order valence-electron chi connectivity index (χ0n) is 12.0. The molecule has 0 aliphatic carbocycles. The molecule has 10 nitrogen and oxygen atoms in total. The Morgan fingerprint density at radius 2 is 2.27 bits per heavy atom. The zero-order chi connectivity index (χ0) is 16.5. The Morgan fingerprint density at radius 3 is 2.77 bits per heavy atom. The molecule has 1 aliphatic rings. The number of sulfonamides is 1. The normalized spacial score (nSPS) is 20.1. The number of esters is 1. The second-order valence-electron chi connectivity index (χ2n) is 4.63. The lowest BCUT2D eigenvalue weighted by Crippen LogP contribution is -2.73. The quantitative estimate of drug-likeness (QED) is 0.456. The number of hydrogen-bond donors (Lipinski definition) is 1. The van der Waals surface area contributed by atoms with Gasteiger partial charge in [0.1, 0.15) is 6.04 Å². The summed E-state index contributed by atoms with van der Waals surface area (Å²) >= 11 is 3.15. The highest BCUT2D eigenvalue weighted by molar-refractivity contribution is 9.10. The van der Waals surface area contributed by atoms with Gasteiger partial charge in [-0.05, 0) is 12.2 Å². The molecule has 1 atom stereocenters. The van der Waals surface area contributed by atoms with E-state index in [0.717, 1.165) is 6.26 Å². The van der Waals surface area contributed by atoms with Crippen molar-refractivity contribution in [1.82, 2.24) is 9.58 Å². The van der Waals surface area contributed by atoms with Gasteiger partial charge < -0.3 is 9.26 Å². The van der Waals surface area contributed by atoms with Crippen molar-refractivity contribution >= 4 is 31.9 Å². The first-order valence-corrected chi connectivity index (χ1v) is 9.07. The Labute approximate surface area is 135 Å². The van der Waals surface area contributed by atoms with E-state index in [1.165, 1.54) is 14.1 Å². The third kappa shape index (κ3) is 3.33. The molecule has 1 aromatic rings. The number of rotatable bonds is 4. The molecular weight excluding hydrogens is 382 g/mol. The minimum Gasteiger partial charge on any atom is -0.466 e. The minimum atomic E-state index is -3.42. The van der Waals surface area contributed by atoms with E-state index in [1.807, 2.05) is 0 Å². The highest BCUT2D eigenvalue weighted by atomic mass is 79.9. The van der Waals surface area contributed by atoms with E-state index in [2.05, 4.69) is 21.2 Å². The number of nitrogens with zero attached hydrogens (tertiary/aromatic N) is 4. The largest absolute Gasteiger partial charge is 0.466 e. The van der Waals surface area contributed by atoms with Crippen molar-refractivity contribution in [2.75, 3.05) is 37.5 Å². The van der Waals surface area contributed by atoms with Crippen LogP contribution in [0.3, 0.4) is 0 Å². The van der Waals surface area contributed by atoms with Gasteiger partial charge >= 0.3 is 16.1 Å². The number of carbonyl (C=O) groups is 1. The summed E-state index contributed by atoms with van der Waals surface area (Å²) in [6.45, 7) is 2.17. The molecule has 124 valence electrons. The third-order valence-electron chi connectivity index (χ3n) is 3.16. The molecule has 0 aromatic carbocycles. The van der Waals surface area contributed by atoms with E-state index in [4.69, 9.17) is 14.7 Å². The molecule has 1 saturated heterocycles. The van der Waals surface area contributed by atoms with Crippen LogP contribution in [-0.4, -0.2) is 57.2 Å². The number of carbonyl (C=O) groups excluding carboxylic acids is 1. The Bertz CT molecular complexity index is 714. The Morgan fingerprint density at radius 1 is 1.59 bits per heavy atom. The standard InChI is InChI=1S/C10H16BrN5O5S/c1-3-20-10(17)7-6-14(22(2,18)19)4-5-15(7)16-8(11)9(12)21-13-16/h7,12H,3-6H2,1-2H3. The van der Waals surface area contributed by atoms with Gasteiger partial charge in [0.2, 0.25) is 10.0 Å². The van der Waals surface area contributed by atoms with Gasteiger partial charge in [-0.25, -0.2) is 12.7 Å². The van der Waals surface area contributed by atoms with Crippen LogP contribution in [0.5, 0.6) is 0 Å². The highest BCUT2D eigenvalue weighted by Crippen LogP contribution is 2.11. The Kier molecular flexibility index (Phi) is 4.92. The monoisotopic (exact) mass is 397 g/mol. The third-order valence-corrected chi connectivity index (χ3v) is 5.11. The van der Waals surface area contributed by atoms with Crippen molar-refractivity contribution in [2.45, 2.75) is 13.0 Å². The maximum Gasteiger partial charge on any atom is 0.332 e. The zero-order valence-corrected chi connectivity index (χ0v) is 14.4. The van der Waals surface area contributed by atoms with Gasteiger partial charge in [-0.1, -0.05) is 4.79 Å². The summed E-state index contributed by atoms with van der Waals surface area (Å²) < 4.78 is 34.6. The summed E-state index contributed by atoms with van der Waals surface area (Å²) in [6, 6.07) is -0.880. The summed E-state index contributed by atoms with van der Waals surface area (Å²) in [4.78, 5) is 13.4. The summed E-state index contributed by atoms with van der Waals surface area (Å²) in [5, 5.41) is 12.7. The molecular formula is C10H16BrN5O5S. The Hall–Kier alpha value is -1.40. The van der Waals surface area contributed by atoms with Gasteiger partial charge in [0.15, 0.2) is 0 Å². The van der Waals surface area contributed by atoms with Crippen LogP contribution < -0.4 is 20.6 Å². The molecule has 22 heavy (non-hydrogen) atoms. The van der Waals surface area contributed by atoms with Crippen LogP contribution in [0.25, 0.3) is 0 Å². The van der Waals surface area contributed by atoms with E-state index >= 15 is 0 Å². The SMILES string of the molecule is CCOC(=O)C1CN(S(C)(=O)=O)CCN1[n+]1[n-]oc(=N)c1Br. The summed E-state index contributed by atoms with van der Waals surface area (Å²) in [6.07, 6.45) is 1.09. The van der Waals surface area contributed by atoms with Crippen molar-refractivity contribution in [3.05, 3.63) is 10.2 Å². The fourth-order valence-corrected chi connectivity index (χ4v) is 3.28. The molecule has 0 radical (unpaired) electrons. The summed E-state index contributed by atoms with van der Waals surface area (Å²) in [7, 11) is -3.42. The van der Waals surface area contributed by atoms with Gasteiger partial charge in [-0.15, -0.1) is 0 Å². The predicted molar refractivity (Wildman–Crippen MR) is 75.7 cm³/mol. The average molecular weight is 398 g/mol. The molecule has 0 amide bonds. The van der Waals surface area contributed by atoms with Crippen LogP contribution in [0.1, 0.15) is 6.92 Å². The van der Waals surface area contributed by atoms with Crippen LogP contribution >= 0.6 is 15.9 Å². The lowest BCUT2D eigenvalue weighted by atomic mass is 10.2. The van der Waals surface area contributed by atoms with Gasteiger partial charge in [-0.2, -0.15) is 0 Å². The van der Waals surface area contributed by atoms with Gasteiger partial charge in [0.25, 0.3) is 0 Å². The lowest BCUT2D eigenvalue weighted by Gasteiger charge is -2.39. The molecule has 1 fully saturated rings. The molecule has 2 rings (SSSR count). The molecule has 2 heterocycles. The van der Waals surface area contributed by atoms with Crippen LogP contribution in [0.2, 0.25) is 0 Å². The summed E-state index contributed by atoms with van der Waals surface area (Å²) in [5.74, 6) is -0.565. The van der Waals surface area contributed by atoms with Crippen molar-refractivity contribution in [3.8, 4) is 0 Å². The maximum absolute atomic E-state index is 12.2. The number of halogens is 1. The molecule has 1 aromatic heterocycles. The topological polar surface area (TPSA) is 122 Å². The molecule has 0 bridgehead atoms. The molecule has 1 unspecified atom stereocenters. The first-order chi connectivity index (χ1) is 10.3. The average Bonchev–Trinajstić information content (AvgIpc) is 2.77. The first-order valence-electron chi connectivity index (χ1n) is 6.43. The smallest absolute Gasteiger partial charge is 0.332 e. The van der Waals surface area contributed by atoms with E-state index in [9.17, 15) is 13.2 Å². The molecule has 0 saturated carbocycles. The second kappa shape index (κ2) is 6.38. The van der Waals surface area contributed by atoms with Crippen LogP contribution in [0.4, 0.5) is 0 Å². The van der Waals surface area contributed by atoms with Gasteiger partial charge in [0, 0.05) is 35.6 Å². The van der Waals surface area contributed by atoms with E-state index in [1.54, 1.807) is 6.92 Å². The predicted octanol–water partition coefficient (Wildman–Crippen LogP) is -2.09. The van der Waals surface area contributed by atoms with Gasteiger partial charge in [-0.3, -0.25) is 15.2 Å². The lowest BCUT2D eigenvalue weighted by molar-refractivity contribution is -0.775. The number of hydrogen-bond acceptors (Lipinski definition) is 7. The van der Waals surface area contributed by atoms with E-state index < -0.39 is 22.0 Å². The highest BCUT2D eigenvalue weighted by Gasteiger charge is 2.38. The number of ether oxygens (including phenoxy) is 1. The fraction of sp³-hybridized carbons (Fsp3) is 0.700. The van der Waals surface area contributed by atoms with Gasteiger partial charge in [0.05, 0.1) is 12.9 Å². The minimum absolute atomic E-state index is 0.0582. The first kappa shape index (κ1) is 17.0. The van der Waals surface area contributed by atoms with Crippen LogP contribution in [-0.2, 0) is 19.6 Å². The summed E-state index contributed by atoms with van der Waals surface area (Å²) in [5.41, 5.74) is -0.201. The van der Waals surface area contributed by atoms with Crippen molar-refractivity contribution in [1.29, 1.82) is 5.41 Å². The van der Waals surface area contributed by atoms with Crippen molar-refractivity contribution < 1.29 is 27.3 Å². The van der Waals surface area contributed by atoms with Crippen molar-refractivity contribution in [2.24, 2.45) is 0 Å². The number of aromatic nitrogens is 2. The molecule has 12 heteroatoms. The maximum atomic E-state index is 12.2. The second-order valence-corrected chi connectivity index (χ2v) is 7.37. The fourth-order valence-electron chi connectivity index (χ4n) is 2.11. The molecule has 1 N–H and O–H groups in total. The van der Waals surface area contributed by atoms with E-state index in [0.29, 0.717) is 0 Å². The van der Waals surface area contributed by atoms with Crippen LogP contribution in [0, 0.1) is 5.41 Å². The molecule has 1 aliphatic heterocycles. The van der Waals surface area contributed by atoms with Crippen molar-refractivity contribution in [3.63, 3.8) is 0 Å². The number of piperazine rings is 1. The van der Waals surface area contributed by atoms with Crippen LogP contribution in [0.15, 0.2) is 9.13 Å². The number of nitrogens with one attached hydrogen (secondary N) is 1. The Balaban J connectivity index is 2.34.